The van der Waals surface area contributed by atoms with E-state index in [9.17, 15) is 14.9 Å². The van der Waals surface area contributed by atoms with Crippen LogP contribution in [0.25, 0.3) is 6.08 Å². The van der Waals surface area contributed by atoms with Crippen LogP contribution < -0.4 is 9.64 Å². The zero-order valence-electron chi connectivity index (χ0n) is 23.4. The maximum Gasteiger partial charge on any atom is 0.271 e. The SMILES string of the molecule is CCc1ccc(N=C2S/C(=C\c3cc(Br)c(OCc4ccc([N+](=O)[O-])cc4)c(Br)c3)C(=O)N2c2ccc(CC)cc2)cc1. The van der Waals surface area contributed by atoms with Crippen LogP contribution in [0.1, 0.15) is 36.1 Å². The summed E-state index contributed by atoms with van der Waals surface area (Å²) in [5, 5.41) is 11.5. The van der Waals surface area contributed by atoms with E-state index in [4.69, 9.17) is 9.73 Å². The Morgan fingerprint density at radius 3 is 2.00 bits per heavy atom. The molecule has 1 aliphatic rings. The summed E-state index contributed by atoms with van der Waals surface area (Å²) in [6.07, 6.45) is 3.70. The van der Waals surface area contributed by atoms with E-state index in [1.54, 1.807) is 17.0 Å². The molecule has 1 aliphatic heterocycles. The summed E-state index contributed by atoms with van der Waals surface area (Å²) in [5.74, 6) is 0.435. The van der Waals surface area contributed by atoms with Gasteiger partial charge in [-0.3, -0.25) is 19.8 Å². The van der Waals surface area contributed by atoms with Crippen molar-refractivity contribution in [2.45, 2.75) is 33.3 Å². The number of hydrogen-bond donors (Lipinski definition) is 0. The predicted molar refractivity (Wildman–Crippen MR) is 181 cm³/mol. The number of aliphatic imine (C=N–C) groups is 1. The van der Waals surface area contributed by atoms with Crippen molar-refractivity contribution >= 4 is 77.8 Å². The van der Waals surface area contributed by atoms with Crippen molar-refractivity contribution in [2.24, 2.45) is 4.99 Å². The van der Waals surface area contributed by atoms with Crippen molar-refractivity contribution in [1.82, 2.24) is 0 Å². The van der Waals surface area contributed by atoms with Gasteiger partial charge in [-0.15, -0.1) is 0 Å². The van der Waals surface area contributed by atoms with Crippen molar-refractivity contribution in [3.05, 3.63) is 131 Å². The monoisotopic (exact) mass is 719 g/mol. The van der Waals surface area contributed by atoms with Crippen molar-refractivity contribution in [3.63, 3.8) is 0 Å². The smallest absolute Gasteiger partial charge is 0.271 e. The Balaban J connectivity index is 1.42. The van der Waals surface area contributed by atoms with Gasteiger partial charge < -0.3 is 4.74 Å². The Hall–Kier alpha value is -3.73. The Kier molecular flexibility index (Phi) is 9.79. The lowest BCUT2D eigenvalue weighted by Crippen LogP contribution is -2.28. The molecule has 7 nitrogen and oxygen atoms in total. The van der Waals surface area contributed by atoms with E-state index in [0.29, 0.717) is 24.8 Å². The molecule has 0 atom stereocenters. The van der Waals surface area contributed by atoms with Gasteiger partial charge >= 0.3 is 0 Å². The normalized spacial score (nSPS) is 15.0. The molecule has 0 aliphatic carbocycles. The Labute approximate surface area is 271 Å². The molecule has 4 aromatic rings. The van der Waals surface area contributed by atoms with E-state index in [-0.39, 0.29) is 18.2 Å². The number of non-ortho nitro benzene ring substituents is 1. The first-order chi connectivity index (χ1) is 20.7. The van der Waals surface area contributed by atoms with Crippen LogP contribution in [0.2, 0.25) is 0 Å². The van der Waals surface area contributed by atoms with Gasteiger partial charge in [0, 0.05) is 12.1 Å². The molecule has 0 spiro atoms. The van der Waals surface area contributed by atoms with Crippen molar-refractivity contribution < 1.29 is 14.5 Å². The van der Waals surface area contributed by atoms with Crippen molar-refractivity contribution in [1.29, 1.82) is 0 Å². The quantitative estimate of drug-likeness (QED) is 0.0977. The summed E-state index contributed by atoms with van der Waals surface area (Å²) in [6.45, 7) is 4.44. The van der Waals surface area contributed by atoms with E-state index in [1.807, 2.05) is 54.6 Å². The number of benzene rings is 4. The molecule has 1 heterocycles. The Morgan fingerprint density at radius 1 is 0.884 bits per heavy atom. The average molecular weight is 721 g/mol. The molecular weight excluding hydrogens is 694 g/mol. The predicted octanol–water partition coefficient (Wildman–Crippen LogP) is 9.63. The molecule has 4 aromatic carbocycles. The molecule has 0 bridgehead atoms. The highest BCUT2D eigenvalue weighted by molar-refractivity contribution is 9.11. The molecule has 0 unspecified atom stereocenters. The highest BCUT2D eigenvalue weighted by Crippen LogP contribution is 2.40. The highest BCUT2D eigenvalue weighted by atomic mass is 79.9. The number of nitro benzene ring substituents is 1. The minimum atomic E-state index is -0.432. The van der Waals surface area contributed by atoms with Crippen LogP contribution in [-0.4, -0.2) is 16.0 Å². The molecule has 0 radical (unpaired) electrons. The first-order valence-electron chi connectivity index (χ1n) is 13.6. The van der Waals surface area contributed by atoms with Crippen LogP contribution in [0.3, 0.4) is 0 Å². The summed E-state index contributed by atoms with van der Waals surface area (Å²) < 4.78 is 7.40. The van der Waals surface area contributed by atoms with Gasteiger partial charge in [0.15, 0.2) is 5.17 Å². The zero-order chi connectivity index (χ0) is 30.5. The second-order valence-electron chi connectivity index (χ2n) is 9.71. The van der Waals surface area contributed by atoms with Crippen molar-refractivity contribution in [3.8, 4) is 5.75 Å². The maximum atomic E-state index is 13.8. The minimum absolute atomic E-state index is 0.0296. The number of hydrogen-bond acceptors (Lipinski definition) is 6. The van der Waals surface area contributed by atoms with Gasteiger partial charge in [-0.05, 0) is 133 Å². The summed E-state index contributed by atoms with van der Waals surface area (Å²) in [4.78, 5) is 31.3. The van der Waals surface area contributed by atoms with Gasteiger partial charge in [0.1, 0.15) is 12.4 Å². The molecule has 1 amide bonds. The molecule has 1 saturated heterocycles. The first-order valence-corrected chi connectivity index (χ1v) is 16.0. The lowest BCUT2D eigenvalue weighted by atomic mass is 10.1. The third-order valence-corrected chi connectivity index (χ3v) is 8.97. The van der Waals surface area contributed by atoms with Crippen LogP contribution in [0.4, 0.5) is 17.1 Å². The van der Waals surface area contributed by atoms with Gasteiger partial charge in [0.2, 0.25) is 0 Å². The fourth-order valence-electron chi connectivity index (χ4n) is 4.40. The minimum Gasteiger partial charge on any atom is -0.487 e. The number of amidine groups is 1. The van der Waals surface area contributed by atoms with Gasteiger partial charge in [-0.25, -0.2) is 4.99 Å². The fraction of sp³-hybridized carbons (Fsp3) is 0.152. The molecule has 0 N–H and O–H groups in total. The standard InChI is InChI=1S/C33H27Br2N3O4S/c1-3-21-5-11-25(12-6-21)36-33-37(26-13-7-22(4-2)8-14-26)32(39)30(43-33)19-24-17-28(34)31(29(35)18-24)42-20-23-9-15-27(16-10-23)38(40)41/h5-19H,3-4,20H2,1-2H3/b30-19-,36-33?. The van der Waals surface area contributed by atoms with Crippen molar-refractivity contribution in [2.75, 3.05) is 4.90 Å². The van der Waals surface area contributed by atoms with Crippen LogP contribution in [0, 0.1) is 10.1 Å². The highest BCUT2D eigenvalue weighted by Gasteiger charge is 2.35. The summed E-state index contributed by atoms with van der Waals surface area (Å²) in [6, 6.07) is 26.0. The molecule has 0 saturated carbocycles. The summed E-state index contributed by atoms with van der Waals surface area (Å²) in [7, 11) is 0. The summed E-state index contributed by atoms with van der Waals surface area (Å²) in [5.41, 5.74) is 5.59. The molecule has 5 rings (SSSR count). The molecule has 1 fully saturated rings. The molecule has 0 aromatic heterocycles. The van der Waals surface area contributed by atoms with Gasteiger partial charge in [0.05, 0.1) is 30.1 Å². The van der Waals surface area contributed by atoms with E-state index < -0.39 is 4.92 Å². The number of ether oxygens (including phenoxy) is 1. The van der Waals surface area contributed by atoms with E-state index in [1.165, 1.54) is 35.0 Å². The van der Waals surface area contributed by atoms with Crippen LogP contribution in [0.15, 0.2) is 104 Å². The number of carbonyl (C=O) groups is 1. The van der Waals surface area contributed by atoms with Crippen LogP contribution in [0.5, 0.6) is 5.75 Å². The number of carbonyl (C=O) groups excluding carboxylic acids is 1. The molecular formula is C33H27Br2N3O4S. The number of rotatable bonds is 9. The number of nitrogens with zero attached hydrogens (tertiary/aromatic N) is 3. The molecule has 218 valence electrons. The number of thioether (sulfide) groups is 1. The third kappa shape index (κ3) is 7.26. The van der Waals surface area contributed by atoms with Crippen LogP contribution in [-0.2, 0) is 24.2 Å². The third-order valence-electron chi connectivity index (χ3n) is 6.83. The number of anilines is 1. The van der Waals surface area contributed by atoms with E-state index >= 15 is 0 Å². The lowest BCUT2D eigenvalue weighted by molar-refractivity contribution is -0.384. The number of halogens is 2. The number of aryl methyl sites for hydroxylation is 2. The Bertz CT molecular complexity index is 1700. The number of nitro groups is 1. The van der Waals surface area contributed by atoms with Gasteiger partial charge in [0.25, 0.3) is 11.6 Å². The topological polar surface area (TPSA) is 85.0 Å². The van der Waals surface area contributed by atoms with E-state index in [0.717, 1.165) is 35.3 Å². The summed E-state index contributed by atoms with van der Waals surface area (Å²) >= 11 is 8.53. The van der Waals surface area contributed by atoms with E-state index in [2.05, 4.69) is 57.8 Å². The van der Waals surface area contributed by atoms with Crippen LogP contribution >= 0.6 is 43.6 Å². The lowest BCUT2D eigenvalue weighted by Gasteiger charge is -2.16. The molecule has 43 heavy (non-hydrogen) atoms. The second-order valence-corrected chi connectivity index (χ2v) is 12.4. The Morgan fingerprint density at radius 2 is 1.44 bits per heavy atom. The average Bonchev–Trinajstić information content (AvgIpc) is 3.30. The second kappa shape index (κ2) is 13.7. The van der Waals surface area contributed by atoms with Gasteiger partial charge in [-0.2, -0.15) is 0 Å². The largest absolute Gasteiger partial charge is 0.487 e. The number of amides is 1. The molecule has 10 heteroatoms. The zero-order valence-corrected chi connectivity index (χ0v) is 27.4. The first kappa shape index (κ1) is 30.7. The maximum absolute atomic E-state index is 13.8. The van der Waals surface area contributed by atoms with Gasteiger partial charge in [-0.1, -0.05) is 38.1 Å². The fourth-order valence-corrected chi connectivity index (χ4v) is 6.85.